The Balaban J connectivity index is 2.49. The maximum absolute atomic E-state index is 13.1. The van der Waals surface area contributed by atoms with E-state index in [1.165, 1.54) is 12.1 Å². The van der Waals surface area contributed by atoms with Gasteiger partial charge < -0.3 is 5.73 Å². The van der Waals surface area contributed by atoms with Gasteiger partial charge in [-0.1, -0.05) is 6.07 Å². The van der Waals surface area contributed by atoms with Crippen LogP contribution in [0.2, 0.25) is 0 Å². The minimum Gasteiger partial charge on any atom is -0.368 e. The van der Waals surface area contributed by atoms with E-state index in [4.69, 9.17) is 5.73 Å². The molecule has 0 aliphatic carbocycles. The fraction of sp³-hybridized carbons (Fsp3) is 0.0909. The topological polar surface area (TPSA) is 51.8 Å². The Hall–Kier alpha value is -1.97. The minimum absolute atomic E-state index is 0.215. The van der Waals surface area contributed by atoms with Crippen molar-refractivity contribution in [3.8, 4) is 11.1 Å². The van der Waals surface area contributed by atoms with Crippen LogP contribution in [0.5, 0.6) is 0 Å². The van der Waals surface area contributed by atoms with Gasteiger partial charge in [0.15, 0.2) is 0 Å². The highest BCUT2D eigenvalue weighted by molar-refractivity contribution is 5.62. The molecule has 2 aromatic rings. The Labute approximate surface area is 86.8 Å². The van der Waals surface area contributed by atoms with Crippen molar-refractivity contribution in [3.63, 3.8) is 0 Å². The molecule has 0 bridgehead atoms. The van der Waals surface area contributed by atoms with Crippen LogP contribution < -0.4 is 5.73 Å². The summed E-state index contributed by atoms with van der Waals surface area (Å²) in [6, 6.07) is 4.79. The van der Waals surface area contributed by atoms with Gasteiger partial charge >= 0.3 is 0 Å². The molecule has 0 spiro atoms. The maximum atomic E-state index is 13.1. The lowest BCUT2D eigenvalue weighted by Gasteiger charge is -2.02. The van der Waals surface area contributed by atoms with E-state index < -0.39 is 0 Å². The zero-order chi connectivity index (χ0) is 10.8. The summed E-state index contributed by atoms with van der Waals surface area (Å²) >= 11 is 0. The second-order valence-corrected chi connectivity index (χ2v) is 3.35. The molecule has 0 aliphatic heterocycles. The second kappa shape index (κ2) is 3.65. The average molecular weight is 203 g/mol. The van der Waals surface area contributed by atoms with Crippen molar-refractivity contribution < 1.29 is 4.39 Å². The van der Waals surface area contributed by atoms with Gasteiger partial charge in [-0.05, 0) is 30.2 Å². The molecule has 1 heterocycles. The largest absolute Gasteiger partial charge is 0.368 e. The molecule has 0 atom stereocenters. The van der Waals surface area contributed by atoms with Crippen LogP contribution >= 0.6 is 0 Å². The standard InChI is InChI=1S/C11H10FN3/c1-7-2-8(4-10(12)3-7)9-5-14-11(13)15-6-9/h2-6H,1H3,(H2,13,14,15). The van der Waals surface area contributed by atoms with Gasteiger partial charge in [0.05, 0.1) is 0 Å². The van der Waals surface area contributed by atoms with Gasteiger partial charge in [0, 0.05) is 18.0 Å². The number of nitrogens with zero attached hydrogens (tertiary/aromatic N) is 2. The molecule has 0 fully saturated rings. The van der Waals surface area contributed by atoms with Crippen LogP contribution in [0.4, 0.5) is 10.3 Å². The lowest BCUT2D eigenvalue weighted by Crippen LogP contribution is -1.94. The zero-order valence-corrected chi connectivity index (χ0v) is 8.24. The second-order valence-electron chi connectivity index (χ2n) is 3.35. The summed E-state index contributed by atoms with van der Waals surface area (Å²) in [4.78, 5) is 7.72. The SMILES string of the molecule is Cc1cc(F)cc(-c2cnc(N)nc2)c1. The number of aromatic nitrogens is 2. The Morgan fingerprint density at radius 2 is 1.73 bits per heavy atom. The third-order valence-corrected chi connectivity index (χ3v) is 2.05. The average Bonchev–Trinajstić information content (AvgIpc) is 2.17. The van der Waals surface area contributed by atoms with Crippen molar-refractivity contribution in [2.75, 3.05) is 5.73 Å². The van der Waals surface area contributed by atoms with Crippen molar-refractivity contribution in [2.45, 2.75) is 6.92 Å². The molecule has 1 aromatic heterocycles. The molecule has 0 radical (unpaired) electrons. The summed E-state index contributed by atoms with van der Waals surface area (Å²) in [5, 5.41) is 0. The number of nitrogen functional groups attached to an aromatic ring is 1. The number of hydrogen-bond acceptors (Lipinski definition) is 3. The van der Waals surface area contributed by atoms with Crippen LogP contribution in [0.1, 0.15) is 5.56 Å². The Morgan fingerprint density at radius 1 is 1.07 bits per heavy atom. The van der Waals surface area contributed by atoms with Crippen LogP contribution in [0.3, 0.4) is 0 Å². The van der Waals surface area contributed by atoms with E-state index in [0.717, 1.165) is 16.7 Å². The van der Waals surface area contributed by atoms with Gasteiger partial charge in [-0.3, -0.25) is 0 Å². The summed E-state index contributed by atoms with van der Waals surface area (Å²) in [5.74, 6) is -0.0475. The molecule has 2 N–H and O–H groups in total. The van der Waals surface area contributed by atoms with E-state index in [0.29, 0.717) is 0 Å². The highest BCUT2D eigenvalue weighted by atomic mass is 19.1. The summed E-state index contributed by atoms with van der Waals surface area (Å²) in [7, 11) is 0. The van der Waals surface area contributed by atoms with Crippen LogP contribution in [0.25, 0.3) is 11.1 Å². The van der Waals surface area contributed by atoms with Gasteiger partial charge in [-0.25, -0.2) is 14.4 Å². The van der Waals surface area contributed by atoms with Crippen molar-refractivity contribution in [1.29, 1.82) is 0 Å². The number of halogens is 1. The Kier molecular flexibility index (Phi) is 2.33. The predicted octanol–water partition coefficient (Wildman–Crippen LogP) is 2.17. The molecule has 0 aliphatic rings. The summed E-state index contributed by atoms with van der Waals surface area (Å²) in [6.07, 6.45) is 3.16. The van der Waals surface area contributed by atoms with Crippen molar-refractivity contribution in [2.24, 2.45) is 0 Å². The van der Waals surface area contributed by atoms with Gasteiger partial charge in [0.25, 0.3) is 0 Å². The summed E-state index contributed by atoms with van der Waals surface area (Å²) in [6.45, 7) is 1.84. The minimum atomic E-state index is -0.262. The molecule has 0 amide bonds. The van der Waals surface area contributed by atoms with Gasteiger partial charge in [0.2, 0.25) is 5.95 Å². The van der Waals surface area contributed by atoms with Crippen LogP contribution in [0, 0.1) is 12.7 Å². The predicted molar refractivity (Wildman–Crippen MR) is 56.6 cm³/mol. The van der Waals surface area contributed by atoms with Crippen LogP contribution in [-0.2, 0) is 0 Å². The van der Waals surface area contributed by atoms with E-state index in [9.17, 15) is 4.39 Å². The lowest BCUT2D eigenvalue weighted by molar-refractivity contribution is 0.627. The van der Waals surface area contributed by atoms with E-state index in [2.05, 4.69) is 9.97 Å². The lowest BCUT2D eigenvalue weighted by atomic mass is 10.1. The maximum Gasteiger partial charge on any atom is 0.219 e. The Morgan fingerprint density at radius 3 is 2.33 bits per heavy atom. The molecule has 2 rings (SSSR count). The molecule has 4 heteroatoms. The van der Waals surface area contributed by atoms with Gasteiger partial charge in [-0.2, -0.15) is 0 Å². The quantitative estimate of drug-likeness (QED) is 0.772. The number of nitrogens with two attached hydrogens (primary N) is 1. The van der Waals surface area contributed by atoms with E-state index >= 15 is 0 Å². The first-order valence-corrected chi connectivity index (χ1v) is 4.50. The monoisotopic (exact) mass is 203 g/mol. The number of anilines is 1. The fourth-order valence-electron chi connectivity index (χ4n) is 1.39. The third kappa shape index (κ3) is 2.10. The third-order valence-electron chi connectivity index (χ3n) is 2.05. The zero-order valence-electron chi connectivity index (χ0n) is 8.24. The van der Waals surface area contributed by atoms with Gasteiger partial charge in [-0.15, -0.1) is 0 Å². The molecule has 76 valence electrons. The molecule has 1 aromatic carbocycles. The normalized spacial score (nSPS) is 10.3. The molecule has 0 saturated heterocycles. The van der Waals surface area contributed by atoms with E-state index in [1.807, 2.05) is 13.0 Å². The van der Waals surface area contributed by atoms with Crippen molar-refractivity contribution in [3.05, 3.63) is 42.0 Å². The van der Waals surface area contributed by atoms with E-state index in [-0.39, 0.29) is 11.8 Å². The summed E-state index contributed by atoms with van der Waals surface area (Å²) in [5.41, 5.74) is 7.74. The van der Waals surface area contributed by atoms with E-state index in [1.54, 1.807) is 12.4 Å². The Bertz CT molecular complexity index is 459. The summed E-state index contributed by atoms with van der Waals surface area (Å²) < 4.78 is 13.1. The van der Waals surface area contributed by atoms with Crippen LogP contribution in [0.15, 0.2) is 30.6 Å². The molecular formula is C11H10FN3. The highest BCUT2D eigenvalue weighted by Gasteiger charge is 2.02. The van der Waals surface area contributed by atoms with Crippen molar-refractivity contribution in [1.82, 2.24) is 9.97 Å². The number of rotatable bonds is 1. The first kappa shape index (κ1) is 9.58. The molecule has 3 nitrogen and oxygen atoms in total. The first-order chi connectivity index (χ1) is 7.15. The smallest absolute Gasteiger partial charge is 0.219 e. The number of aryl methyl sites for hydroxylation is 1. The molecule has 0 saturated carbocycles. The first-order valence-electron chi connectivity index (χ1n) is 4.50. The number of benzene rings is 1. The van der Waals surface area contributed by atoms with Crippen molar-refractivity contribution >= 4 is 5.95 Å². The molecule has 0 unspecified atom stereocenters. The molecule has 15 heavy (non-hydrogen) atoms. The molecular weight excluding hydrogens is 193 g/mol. The van der Waals surface area contributed by atoms with Gasteiger partial charge in [0.1, 0.15) is 5.82 Å². The number of hydrogen-bond donors (Lipinski definition) is 1. The fourth-order valence-corrected chi connectivity index (χ4v) is 1.39. The highest BCUT2D eigenvalue weighted by Crippen LogP contribution is 2.20. The van der Waals surface area contributed by atoms with Crippen LogP contribution in [-0.4, -0.2) is 9.97 Å².